The van der Waals surface area contributed by atoms with Gasteiger partial charge >= 0.3 is 6.36 Å². The maximum absolute atomic E-state index is 13.4. The molecule has 92 valence electrons. The summed E-state index contributed by atoms with van der Waals surface area (Å²) < 4.78 is 53.0. The van der Waals surface area contributed by atoms with E-state index < -0.39 is 30.0 Å². The molecule has 0 aliphatic carbocycles. The van der Waals surface area contributed by atoms with Gasteiger partial charge in [0.15, 0.2) is 0 Å². The molecule has 0 saturated carbocycles. The Kier molecular flexibility index (Phi) is 4.12. The molecule has 0 N–H and O–H groups in total. The Morgan fingerprint density at radius 1 is 1.47 bits per heavy atom. The van der Waals surface area contributed by atoms with Gasteiger partial charge < -0.3 is 4.74 Å². The van der Waals surface area contributed by atoms with Crippen LogP contribution in [0, 0.1) is 17.1 Å². The highest BCUT2D eigenvalue weighted by Crippen LogP contribution is 2.27. The summed E-state index contributed by atoms with van der Waals surface area (Å²) in [7, 11) is 0. The third kappa shape index (κ3) is 3.75. The van der Waals surface area contributed by atoms with Crippen LogP contribution in [0.2, 0.25) is 0 Å². The summed E-state index contributed by atoms with van der Waals surface area (Å²) in [6, 6.07) is 2.39. The van der Waals surface area contributed by atoms with Crippen molar-refractivity contribution in [3.63, 3.8) is 0 Å². The molecule has 0 fully saturated rings. The smallest absolute Gasteiger partial charge is 0.387 e. The summed E-state index contributed by atoms with van der Waals surface area (Å²) >= 11 is 5.34. The first-order valence-electron chi connectivity index (χ1n) is 4.24. The second-order valence-electron chi connectivity index (χ2n) is 2.90. The first kappa shape index (κ1) is 13.5. The Morgan fingerprint density at radius 2 is 2.12 bits per heavy atom. The van der Waals surface area contributed by atoms with Crippen molar-refractivity contribution in [2.75, 3.05) is 0 Å². The van der Waals surface area contributed by atoms with E-state index in [0.717, 1.165) is 6.07 Å². The Balaban J connectivity index is 3.23. The second-order valence-corrected chi connectivity index (χ2v) is 3.16. The van der Waals surface area contributed by atoms with Gasteiger partial charge in [0, 0.05) is 0 Å². The van der Waals surface area contributed by atoms with Gasteiger partial charge in [-0.2, -0.15) is 5.26 Å². The molecule has 1 heterocycles. The molecular weight excluding hydrogens is 264 g/mol. The minimum Gasteiger partial charge on any atom is -0.387 e. The number of pyridine rings is 1. The van der Waals surface area contributed by atoms with E-state index in [2.05, 4.69) is 9.72 Å². The van der Waals surface area contributed by atoms with Gasteiger partial charge in [-0.15, -0.1) is 24.8 Å². The van der Waals surface area contributed by atoms with Gasteiger partial charge in [0.2, 0.25) is 5.88 Å². The van der Waals surface area contributed by atoms with Crippen LogP contribution in [0.3, 0.4) is 0 Å². The Bertz CT molecular complexity index is 456. The lowest BCUT2D eigenvalue weighted by atomic mass is 10.2. The summed E-state index contributed by atoms with van der Waals surface area (Å²) in [5.41, 5.74) is -0.649. The molecule has 1 rings (SSSR count). The molecule has 0 bridgehead atoms. The molecule has 0 unspecified atom stereocenters. The second kappa shape index (κ2) is 5.19. The van der Waals surface area contributed by atoms with Crippen molar-refractivity contribution >= 4 is 11.6 Å². The number of alkyl halides is 4. The van der Waals surface area contributed by atoms with E-state index in [1.807, 2.05) is 0 Å². The molecule has 0 aliphatic rings. The van der Waals surface area contributed by atoms with Crippen LogP contribution in [0.1, 0.15) is 11.3 Å². The largest absolute Gasteiger partial charge is 0.574 e. The maximum Gasteiger partial charge on any atom is 0.574 e. The van der Waals surface area contributed by atoms with E-state index in [0.29, 0.717) is 0 Å². The fraction of sp³-hybridized carbons (Fsp3) is 0.333. The van der Waals surface area contributed by atoms with Gasteiger partial charge in [-0.1, -0.05) is 0 Å². The van der Waals surface area contributed by atoms with Crippen molar-refractivity contribution in [2.24, 2.45) is 0 Å². The van der Waals surface area contributed by atoms with Crippen LogP contribution in [-0.2, 0) is 12.3 Å². The summed E-state index contributed by atoms with van der Waals surface area (Å²) in [5.74, 6) is -2.25. The molecule has 0 atom stereocenters. The van der Waals surface area contributed by atoms with E-state index in [1.54, 1.807) is 0 Å². The van der Waals surface area contributed by atoms with Gasteiger partial charge in [0.25, 0.3) is 0 Å². The van der Waals surface area contributed by atoms with Gasteiger partial charge in [-0.05, 0) is 6.07 Å². The lowest BCUT2D eigenvalue weighted by Crippen LogP contribution is -2.20. The van der Waals surface area contributed by atoms with Crippen LogP contribution in [0.25, 0.3) is 0 Å². The normalized spacial score (nSPS) is 11.1. The number of nitriles is 1. The highest BCUT2D eigenvalue weighted by atomic mass is 35.5. The lowest BCUT2D eigenvalue weighted by Gasteiger charge is -2.12. The lowest BCUT2D eigenvalue weighted by molar-refractivity contribution is -0.276. The molecule has 1 aromatic heterocycles. The van der Waals surface area contributed by atoms with E-state index in [1.165, 1.54) is 6.07 Å². The molecule has 0 aliphatic heterocycles. The Labute approximate surface area is 98.6 Å². The zero-order valence-electron chi connectivity index (χ0n) is 8.18. The van der Waals surface area contributed by atoms with Crippen molar-refractivity contribution in [1.29, 1.82) is 5.26 Å². The fourth-order valence-corrected chi connectivity index (χ4v) is 1.20. The third-order valence-electron chi connectivity index (χ3n) is 1.69. The molecule has 0 aromatic carbocycles. The average molecular weight is 269 g/mol. The molecule has 0 saturated heterocycles. The van der Waals surface area contributed by atoms with Crippen LogP contribution in [0.5, 0.6) is 5.88 Å². The van der Waals surface area contributed by atoms with Crippen LogP contribution < -0.4 is 4.74 Å². The third-order valence-corrected chi connectivity index (χ3v) is 1.96. The summed E-state index contributed by atoms with van der Waals surface area (Å²) in [6.07, 6.45) is -5.58. The van der Waals surface area contributed by atoms with E-state index in [4.69, 9.17) is 16.9 Å². The molecule has 0 amide bonds. The average Bonchev–Trinajstić information content (AvgIpc) is 2.20. The molecule has 3 nitrogen and oxygen atoms in total. The standard InChI is InChI=1S/C9H5ClF4N2O/c10-4-5-3-7(11)6(1-2-15)8(16-5)17-9(12,13)14/h3H,1,4H2. The molecule has 1 aromatic rings. The zero-order chi connectivity index (χ0) is 13.1. The number of hydrogen-bond donors (Lipinski definition) is 0. The van der Waals surface area contributed by atoms with Crippen molar-refractivity contribution in [3.05, 3.63) is 23.1 Å². The molecule has 17 heavy (non-hydrogen) atoms. The van der Waals surface area contributed by atoms with Crippen molar-refractivity contribution in [3.8, 4) is 11.9 Å². The predicted molar refractivity (Wildman–Crippen MR) is 49.8 cm³/mol. The van der Waals surface area contributed by atoms with E-state index >= 15 is 0 Å². The summed E-state index contributed by atoms with van der Waals surface area (Å²) in [6.45, 7) is 0. The van der Waals surface area contributed by atoms with Gasteiger partial charge in [0.05, 0.1) is 29.6 Å². The fourth-order valence-electron chi connectivity index (χ4n) is 1.07. The van der Waals surface area contributed by atoms with Crippen molar-refractivity contribution < 1.29 is 22.3 Å². The number of ether oxygens (including phenoxy) is 1. The minimum atomic E-state index is -5.01. The quantitative estimate of drug-likeness (QED) is 0.625. The minimum absolute atomic E-state index is 0.106. The van der Waals surface area contributed by atoms with Crippen LogP contribution >= 0.6 is 11.6 Å². The SMILES string of the molecule is N#CCc1c(F)cc(CCl)nc1OC(F)(F)F. The predicted octanol–water partition coefficient (Wildman–Crippen LogP) is 2.92. The number of halogens is 5. The van der Waals surface area contributed by atoms with Crippen molar-refractivity contribution in [1.82, 2.24) is 4.98 Å². The maximum atomic E-state index is 13.4. The first-order chi connectivity index (χ1) is 7.87. The van der Waals surface area contributed by atoms with Crippen molar-refractivity contribution in [2.45, 2.75) is 18.7 Å². The molecule has 8 heteroatoms. The van der Waals surface area contributed by atoms with Gasteiger partial charge in [0.1, 0.15) is 5.82 Å². The van der Waals surface area contributed by atoms with E-state index in [9.17, 15) is 17.6 Å². The van der Waals surface area contributed by atoms with Gasteiger partial charge in [-0.3, -0.25) is 0 Å². The Hall–Kier alpha value is -1.55. The molecule has 0 radical (unpaired) electrons. The molecule has 0 spiro atoms. The topological polar surface area (TPSA) is 45.9 Å². The first-order valence-corrected chi connectivity index (χ1v) is 4.77. The van der Waals surface area contributed by atoms with Crippen LogP contribution in [-0.4, -0.2) is 11.3 Å². The monoisotopic (exact) mass is 268 g/mol. The highest BCUT2D eigenvalue weighted by molar-refractivity contribution is 6.16. The number of aromatic nitrogens is 1. The molecular formula is C9H5ClF4N2O. The van der Waals surface area contributed by atoms with Crippen LogP contribution in [0.4, 0.5) is 17.6 Å². The number of rotatable bonds is 3. The summed E-state index contributed by atoms with van der Waals surface area (Å²) in [5, 5.41) is 8.39. The van der Waals surface area contributed by atoms with E-state index in [-0.39, 0.29) is 11.6 Å². The number of hydrogen-bond acceptors (Lipinski definition) is 3. The Morgan fingerprint density at radius 3 is 2.59 bits per heavy atom. The number of nitrogens with zero attached hydrogens (tertiary/aromatic N) is 2. The zero-order valence-corrected chi connectivity index (χ0v) is 8.94. The highest BCUT2D eigenvalue weighted by Gasteiger charge is 2.33. The van der Waals surface area contributed by atoms with Gasteiger partial charge in [-0.25, -0.2) is 9.37 Å². The van der Waals surface area contributed by atoms with Crippen LogP contribution in [0.15, 0.2) is 6.07 Å². The summed E-state index contributed by atoms with van der Waals surface area (Å²) in [4.78, 5) is 3.39.